The Morgan fingerprint density at radius 3 is 2.56 bits per heavy atom. The first kappa shape index (κ1) is 23.6. The molecule has 3 rings (SSSR count). The molecule has 0 unspecified atom stereocenters. The van der Waals surface area contributed by atoms with Crippen molar-refractivity contribution in [1.29, 1.82) is 0 Å². The number of nitrogens with zero attached hydrogens (tertiary/aromatic N) is 2. The Labute approximate surface area is 188 Å². The van der Waals surface area contributed by atoms with Crippen LogP contribution >= 0.6 is 0 Å². The number of rotatable bonds is 8. The molecule has 2 aliphatic rings. The highest BCUT2D eigenvalue weighted by molar-refractivity contribution is 6.07. The van der Waals surface area contributed by atoms with Gasteiger partial charge in [-0.2, -0.15) is 0 Å². The predicted molar refractivity (Wildman–Crippen MR) is 118 cm³/mol. The number of urea groups is 1. The molecule has 4 amide bonds. The zero-order valence-electron chi connectivity index (χ0n) is 18.7. The van der Waals surface area contributed by atoms with Crippen molar-refractivity contribution in [3.8, 4) is 5.75 Å². The van der Waals surface area contributed by atoms with Crippen LogP contribution in [-0.2, 0) is 14.3 Å². The number of hydrogen-bond donors (Lipinski definition) is 1. The number of ether oxygens (including phenoxy) is 2. The minimum atomic E-state index is -0.532. The van der Waals surface area contributed by atoms with Crippen LogP contribution in [0.3, 0.4) is 0 Å². The highest BCUT2D eigenvalue weighted by Gasteiger charge is 2.29. The fourth-order valence-electron chi connectivity index (χ4n) is 3.98. The van der Waals surface area contributed by atoms with Gasteiger partial charge in [0, 0.05) is 38.0 Å². The van der Waals surface area contributed by atoms with Gasteiger partial charge in [0.25, 0.3) is 5.91 Å². The molecular formula is C23H31N3O6. The first-order chi connectivity index (χ1) is 15.4. The summed E-state index contributed by atoms with van der Waals surface area (Å²) in [6.07, 6.45) is 3.92. The van der Waals surface area contributed by atoms with Gasteiger partial charge in [0.1, 0.15) is 5.75 Å². The molecule has 2 heterocycles. The molecule has 1 aromatic carbocycles. The number of benzene rings is 1. The molecule has 2 saturated heterocycles. The third kappa shape index (κ3) is 5.77. The van der Waals surface area contributed by atoms with Gasteiger partial charge >= 0.3 is 12.0 Å². The summed E-state index contributed by atoms with van der Waals surface area (Å²) < 4.78 is 10.6. The van der Waals surface area contributed by atoms with Crippen molar-refractivity contribution >= 4 is 29.5 Å². The number of imide groups is 1. The van der Waals surface area contributed by atoms with E-state index in [4.69, 9.17) is 9.47 Å². The van der Waals surface area contributed by atoms with Gasteiger partial charge in [-0.3, -0.25) is 24.6 Å². The van der Waals surface area contributed by atoms with E-state index >= 15 is 0 Å². The molecular weight excluding hydrogens is 414 g/mol. The van der Waals surface area contributed by atoms with Crippen LogP contribution in [0.2, 0.25) is 0 Å². The summed E-state index contributed by atoms with van der Waals surface area (Å²) in [6.45, 7) is 3.86. The van der Waals surface area contributed by atoms with E-state index in [1.807, 2.05) is 0 Å². The van der Waals surface area contributed by atoms with Crippen molar-refractivity contribution in [3.05, 3.63) is 23.8 Å². The van der Waals surface area contributed by atoms with Crippen LogP contribution < -0.4 is 15.0 Å². The van der Waals surface area contributed by atoms with Gasteiger partial charge in [-0.15, -0.1) is 0 Å². The summed E-state index contributed by atoms with van der Waals surface area (Å²) in [6, 6.07) is 4.43. The number of unbranched alkanes of at least 4 members (excludes halogenated alkanes) is 1. The van der Waals surface area contributed by atoms with E-state index in [0.717, 1.165) is 25.7 Å². The lowest BCUT2D eigenvalue weighted by atomic mass is 9.93. The van der Waals surface area contributed by atoms with Crippen molar-refractivity contribution in [2.75, 3.05) is 38.3 Å². The largest absolute Gasteiger partial charge is 0.495 e. The van der Waals surface area contributed by atoms with Crippen molar-refractivity contribution in [2.45, 2.75) is 45.4 Å². The van der Waals surface area contributed by atoms with Crippen molar-refractivity contribution in [2.24, 2.45) is 5.92 Å². The molecule has 32 heavy (non-hydrogen) atoms. The number of piperidine rings is 1. The maximum atomic E-state index is 13.1. The van der Waals surface area contributed by atoms with Gasteiger partial charge in [-0.25, -0.2) is 4.79 Å². The first-order valence-corrected chi connectivity index (χ1v) is 11.2. The molecule has 1 N–H and O–H groups in total. The van der Waals surface area contributed by atoms with Gasteiger partial charge in [-0.1, -0.05) is 13.3 Å². The van der Waals surface area contributed by atoms with E-state index in [1.165, 1.54) is 12.0 Å². The van der Waals surface area contributed by atoms with Gasteiger partial charge < -0.3 is 14.4 Å². The van der Waals surface area contributed by atoms with Crippen LogP contribution in [0.4, 0.5) is 10.5 Å². The van der Waals surface area contributed by atoms with Crippen LogP contribution in [0.15, 0.2) is 18.2 Å². The van der Waals surface area contributed by atoms with Crippen LogP contribution in [0, 0.1) is 5.92 Å². The van der Waals surface area contributed by atoms with Crippen LogP contribution in [0.25, 0.3) is 0 Å². The summed E-state index contributed by atoms with van der Waals surface area (Å²) >= 11 is 0. The van der Waals surface area contributed by atoms with E-state index in [-0.39, 0.29) is 36.7 Å². The topological polar surface area (TPSA) is 105 Å². The second-order valence-electron chi connectivity index (χ2n) is 8.16. The molecule has 0 aliphatic carbocycles. The number of anilines is 1. The average molecular weight is 446 g/mol. The summed E-state index contributed by atoms with van der Waals surface area (Å²) in [4.78, 5) is 51.9. The second-order valence-corrected chi connectivity index (χ2v) is 8.16. The van der Waals surface area contributed by atoms with Crippen molar-refractivity contribution < 1.29 is 28.7 Å². The van der Waals surface area contributed by atoms with Crippen LogP contribution in [0.1, 0.15) is 55.8 Å². The van der Waals surface area contributed by atoms with Gasteiger partial charge in [0.15, 0.2) is 0 Å². The second kappa shape index (κ2) is 11.0. The first-order valence-electron chi connectivity index (χ1n) is 11.2. The Balaban J connectivity index is 1.61. The lowest BCUT2D eigenvalue weighted by Crippen LogP contribution is -2.49. The number of carbonyl (C=O) groups is 4. The molecule has 174 valence electrons. The van der Waals surface area contributed by atoms with Gasteiger partial charge in [0.05, 0.1) is 19.4 Å². The summed E-state index contributed by atoms with van der Waals surface area (Å²) in [5.74, 6) is 0.0442. The fraction of sp³-hybridized carbons (Fsp3) is 0.565. The molecule has 1 aromatic rings. The van der Waals surface area contributed by atoms with E-state index in [1.54, 1.807) is 23.1 Å². The summed E-state index contributed by atoms with van der Waals surface area (Å²) in [5, 5.41) is 2.29. The quantitative estimate of drug-likeness (QED) is 0.487. The SMILES string of the molecule is CCCCOC(=O)CC1CCN(C(=O)c2ccc(OC)c(N3CCC(=O)NC3=O)c2)CC1. The summed E-state index contributed by atoms with van der Waals surface area (Å²) in [7, 11) is 1.49. The van der Waals surface area contributed by atoms with E-state index in [2.05, 4.69) is 12.2 Å². The number of hydrogen-bond acceptors (Lipinski definition) is 6. The molecule has 0 spiro atoms. The number of carbonyl (C=O) groups excluding carboxylic acids is 4. The molecule has 0 atom stereocenters. The molecule has 0 radical (unpaired) electrons. The normalized spacial score (nSPS) is 17.2. The zero-order chi connectivity index (χ0) is 23.1. The van der Waals surface area contributed by atoms with Crippen molar-refractivity contribution in [3.63, 3.8) is 0 Å². The minimum Gasteiger partial charge on any atom is -0.495 e. The monoisotopic (exact) mass is 445 g/mol. The number of nitrogens with one attached hydrogen (secondary N) is 1. The summed E-state index contributed by atoms with van der Waals surface area (Å²) in [5.41, 5.74) is 0.899. The Bertz CT molecular complexity index is 863. The van der Waals surface area contributed by atoms with E-state index in [0.29, 0.717) is 43.1 Å². The number of amides is 4. The van der Waals surface area contributed by atoms with Gasteiger partial charge in [-0.05, 0) is 43.4 Å². The van der Waals surface area contributed by atoms with Crippen molar-refractivity contribution in [1.82, 2.24) is 10.2 Å². The average Bonchev–Trinajstić information content (AvgIpc) is 2.79. The number of likely N-dealkylation sites (tertiary alicyclic amines) is 1. The molecule has 0 aromatic heterocycles. The molecule has 0 bridgehead atoms. The molecule has 2 fully saturated rings. The number of methoxy groups -OCH3 is 1. The maximum Gasteiger partial charge on any atom is 0.328 e. The van der Waals surface area contributed by atoms with E-state index in [9.17, 15) is 19.2 Å². The Morgan fingerprint density at radius 2 is 1.91 bits per heavy atom. The fourth-order valence-corrected chi connectivity index (χ4v) is 3.98. The molecule has 2 aliphatic heterocycles. The standard InChI is InChI=1S/C23H31N3O6/c1-3-4-13-32-21(28)14-16-7-10-25(11-8-16)22(29)17-5-6-19(31-2)18(15-17)26-12-9-20(27)24-23(26)30/h5-6,15-16H,3-4,7-14H2,1-2H3,(H,24,27,30). The van der Waals surface area contributed by atoms with Gasteiger partial charge in [0.2, 0.25) is 5.91 Å². The highest BCUT2D eigenvalue weighted by atomic mass is 16.5. The zero-order valence-corrected chi connectivity index (χ0v) is 18.7. The Hall–Kier alpha value is -3.10. The van der Waals surface area contributed by atoms with Crippen LogP contribution in [-0.4, -0.2) is 62.1 Å². The predicted octanol–water partition coefficient (Wildman–Crippen LogP) is 2.73. The Kier molecular flexibility index (Phi) is 8.08. The molecule has 0 saturated carbocycles. The van der Waals surface area contributed by atoms with Crippen LogP contribution in [0.5, 0.6) is 5.75 Å². The lowest BCUT2D eigenvalue weighted by Gasteiger charge is -2.32. The number of esters is 1. The smallest absolute Gasteiger partial charge is 0.328 e. The molecule has 9 nitrogen and oxygen atoms in total. The highest BCUT2D eigenvalue weighted by Crippen LogP contribution is 2.32. The maximum absolute atomic E-state index is 13.1. The van der Waals surface area contributed by atoms with E-state index < -0.39 is 6.03 Å². The Morgan fingerprint density at radius 1 is 1.16 bits per heavy atom. The lowest BCUT2D eigenvalue weighted by molar-refractivity contribution is -0.145. The third-order valence-electron chi connectivity index (χ3n) is 5.89. The minimum absolute atomic E-state index is 0.133. The third-order valence-corrected chi connectivity index (χ3v) is 5.89. The molecule has 9 heteroatoms.